The molecule has 37 heavy (non-hydrogen) atoms. The molecule has 1 saturated heterocycles. The molecule has 3 aromatic rings. The third kappa shape index (κ3) is 4.16. The molecular weight excluding hydrogens is 475 g/mol. The van der Waals surface area contributed by atoms with Gasteiger partial charge in [0.2, 0.25) is 0 Å². The summed E-state index contributed by atoms with van der Waals surface area (Å²) in [5, 5.41) is 0. The van der Waals surface area contributed by atoms with E-state index in [1.165, 1.54) is 6.42 Å². The first-order valence-corrected chi connectivity index (χ1v) is 13.1. The first-order valence-electron chi connectivity index (χ1n) is 13.1. The minimum atomic E-state index is -1.45. The van der Waals surface area contributed by atoms with Crippen molar-refractivity contribution in [2.24, 2.45) is 10.4 Å². The Hall–Kier alpha value is -3.42. The third-order valence-electron chi connectivity index (χ3n) is 8.37. The Balaban J connectivity index is 1.29. The summed E-state index contributed by atoms with van der Waals surface area (Å²) < 4.78 is 41.6. The van der Waals surface area contributed by atoms with Crippen LogP contribution < -0.4 is 9.80 Å². The predicted molar refractivity (Wildman–Crippen MR) is 140 cm³/mol. The molecule has 1 fully saturated rings. The van der Waals surface area contributed by atoms with Crippen LogP contribution in [0.1, 0.15) is 56.5 Å². The highest BCUT2D eigenvalue weighted by molar-refractivity contribution is 6.11. The van der Waals surface area contributed by atoms with Gasteiger partial charge in [0.15, 0.2) is 23.3 Å². The number of rotatable bonds is 3. The number of aliphatic imine (C=N–C) groups is 1. The van der Waals surface area contributed by atoms with Gasteiger partial charge in [0.25, 0.3) is 0 Å². The SMILES string of the molecule is CCC1(C)CCN(c2cnc3c(n2)CN=C3N2CCCc3c(-c4cc(F)c(F)c(F)c4)cccc32)CC1. The van der Waals surface area contributed by atoms with Crippen molar-refractivity contribution in [3.05, 3.63) is 70.9 Å². The van der Waals surface area contributed by atoms with Gasteiger partial charge in [0.1, 0.15) is 11.5 Å². The lowest BCUT2D eigenvalue weighted by Gasteiger charge is -2.39. The quantitative estimate of drug-likeness (QED) is 0.393. The van der Waals surface area contributed by atoms with Gasteiger partial charge in [0.05, 0.1) is 18.4 Å². The zero-order valence-corrected chi connectivity index (χ0v) is 21.2. The van der Waals surface area contributed by atoms with E-state index in [0.29, 0.717) is 23.1 Å². The van der Waals surface area contributed by atoms with Crippen molar-refractivity contribution in [3.63, 3.8) is 0 Å². The average Bonchev–Trinajstić information content (AvgIpc) is 3.34. The minimum absolute atomic E-state index is 0.328. The summed E-state index contributed by atoms with van der Waals surface area (Å²) in [6.45, 7) is 7.83. The van der Waals surface area contributed by atoms with E-state index in [9.17, 15) is 13.2 Å². The molecule has 0 saturated carbocycles. The Morgan fingerprint density at radius 3 is 2.51 bits per heavy atom. The second kappa shape index (κ2) is 9.15. The van der Waals surface area contributed by atoms with E-state index in [-0.39, 0.29) is 0 Å². The van der Waals surface area contributed by atoms with Crippen LogP contribution in [-0.4, -0.2) is 35.4 Å². The van der Waals surface area contributed by atoms with Crippen molar-refractivity contribution in [1.82, 2.24) is 9.97 Å². The van der Waals surface area contributed by atoms with Crippen molar-refractivity contribution in [1.29, 1.82) is 0 Å². The lowest BCUT2D eigenvalue weighted by atomic mass is 9.78. The second-order valence-electron chi connectivity index (χ2n) is 10.6. The molecule has 3 aliphatic heterocycles. The van der Waals surface area contributed by atoms with E-state index < -0.39 is 17.5 Å². The van der Waals surface area contributed by atoms with Gasteiger partial charge in [-0.3, -0.25) is 4.99 Å². The molecule has 4 heterocycles. The van der Waals surface area contributed by atoms with E-state index in [0.717, 1.165) is 91.7 Å². The highest BCUT2D eigenvalue weighted by atomic mass is 19.2. The van der Waals surface area contributed by atoms with Crippen LogP contribution in [-0.2, 0) is 13.0 Å². The van der Waals surface area contributed by atoms with Crippen molar-refractivity contribution >= 4 is 17.3 Å². The summed E-state index contributed by atoms with van der Waals surface area (Å²) in [5.74, 6) is -2.13. The van der Waals surface area contributed by atoms with Gasteiger partial charge in [0, 0.05) is 25.3 Å². The van der Waals surface area contributed by atoms with Crippen LogP contribution in [0.25, 0.3) is 11.1 Å². The minimum Gasteiger partial charge on any atom is -0.355 e. The summed E-state index contributed by atoms with van der Waals surface area (Å²) in [7, 11) is 0. The monoisotopic (exact) mass is 505 g/mol. The molecule has 0 amide bonds. The molecule has 0 bridgehead atoms. The molecule has 0 radical (unpaired) electrons. The highest BCUT2D eigenvalue weighted by Gasteiger charge is 2.32. The number of amidine groups is 1. The Bertz CT molecular complexity index is 1370. The van der Waals surface area contributed by atoms with Crippen LogP contribution >= 0.6 is 0 Å². The molecule has 0 aliphatic carbocycles. The molecule has 0 spiro atoms. The molecular formula is C29H30F3N5. The van der Waals surface area contributed by atoms with E-state index >= 15 is 0 Å². The Kier molecular flexibility index (Phi) is 5.92. The van der Waals surface area contributed by atoms with Crippen LogP contribution in [0.2, 0.25) is 0 Å². The first-order chi connectivity index (χ1) is 17.9. The fraction of sp³-hybridized carbons (Fsp3) is 0.414. The normalized spacial score (nSPS) is 18.5. The molecule has 8 heteroatoms. The number of piperidine rings is 1. The maximum atomic E-state index is 14.0. The maximum absolute atomic E-state index is 14.0. The summed E-state index contributed by atoms with van der Waals surface area (Å²) in [4.78, 5) is 19.0. The lowest BCUT2D eigenvalue weighted by molar-refractivity contribution is 0.237. The van der Waals surface area contributed by atoms with E-state index in [1.807, 2.05) is 24.4 Å². The molecule has 0 unspecified atom stereocenters. The van der Waals surface area contributed by atoms with Crippen LogP contribution in [0, 0.1) is 22.9 Å². The van der Waals surface area contributed by atoms with Crippen LogP contribution in [0.15, 0.2) is 41.5 Å². The first kappa shape index (κ1) is 23.9. The number of benzene rings is 2. The average molecular weight is 506 g/mol. The molecule has 1 aromatic heterocycles. The topological polar surface area (TPSA) is 44.6 Å². The van der Waals surface area contributed by atoms with Gasteiger partial charge in [-0.1, -0.05) is 32.4 Å². The van der Waals surface area contributed by atoms with Gasteiger partial charge in [-0.15, -0.1) is 0 Å². The number of fused-ring (bicyclic) bond motifs is 2. The molecule has 6 rings (SSSR count). The fourth-order valence-electron chi connectivity index (χ4n) is 5.76. The van der Waals surface area contributed by atoms with Crippen LogP contribution in [0.5, 0.6) is 0 Å². The number of hydrogen-bond donors (Lipinski definition) is 0. The molecule has 192 valence electrons. The van der Waals surface area contributed by atoms with Gasteiger partial charge >= 0.3 is 0 Å². The van der Waals surface area contributed by atoms with Crippen molar-refractivity contribution < 1.29 is 13.2 Å². The highest BCUT2D eigenvalue weighted by Crippen LogP contribution is 2.39. The van der Waals surface area contributed by atoms with Gasteiger partial charge in [-0.05, 0) is 66.0 Å². The lowest BCUT2D eigenvalue weighted by Crippen LogP contribution is -2.39. The van der Waals surface area contributed by atoms with Gasteiger partial charge < -0.3 is 9.80 Å². The van der Waals surface area contributed by atoms with E-state index in [2.05, 4.69) is 23.6 Å². The zero-order chi connectivity index (χ0) is 25.7. The number of anilines is 2. The standard InChI is InChI=1S/C29H30F3N5/c1-3-29(2)9-12-36(13-10-29)25-17-33-27-23(35-25)16-34-28(27)37-11-5-7-20-19(6-4-8-24(20)37)18-14-21(30)26(32)22(31)15-18/h4,6,8,14-15,17H,3,5,7,9-13,16H2,1-2H3. The number of hydrogen-bond acceptors (Lipinski definition) is 5. The molecule has 2 aromatic carbocycles. The van der Waals surface area contributed by atoms with Crippen molar-refractivity contribution in [2.75, 3.05) is 29.4 Å². The molecule has 0 atom stereocenters. The van der Waals surface area contributed by atoms with Crippen molar-refractivity contribution in [2.45, 2.75) is 52.5 Å². The largest absolute Gasteiger partial charge is 0.355 e. The van der Waals surface area contributed by atoms with Crippen LogP contribution in [0.3, 0.4) is 0 Å². The molecule has 5 nitrogen and oxygen atoms in total. The summed E-state index contributed by atoms with van der Waals surface area (Å²) in [6.07, 6.45) is 6.95. The van der Waals surface area contributed by atoms with Crippen molar-refractivity contribution in [3.8, 4) is 11.1 Å². The van der Waals surface area contributed by atoms with E-state index in [4.69, 9.17) is 15.0 Å². The second-order valence-corrected chi connectivity index (χ2v) is 10.6. The number of halogens is 3. The van der Waals surface area contributed by atoms with Gasteiger partial charge in [-0.25, -0.2) is 23.1 Å². The predicted octanol–water partition coefficient (Wildman–Crippen LogP) is 6.29. The summed E-state index contributed by atoms with van der Waals surface area (Å²) in [5.41, 5.74) is 4.99. The van der Waals surface area contributed by atoms with Crippen LogP contribution in [0.4, 0.5) is 24.7 Å². The van der Waals surface area contributed by atoms with E-state index in [1.54, 1.807) is 0 Å². The number of nitrogens with zero attached hydrogens (tertiary/aromatic N) is 5. The fourth-order valence-corrected chi connectivity index (χ4v) is 5.76. The zero-order valence-electron chi connectivity index (χ0n) is 21.2. The smallest absolute Gasteiger partial charge is 0.194 e. The third-order valence-corrected chi connectivity index (χ3v) is 8.37. The maximum Gasteiger partial charge on any atom is 0.194 e. The molecule has 0 N–H and O–H groups in total. The Labute approximate surface area is 215 Å². The number of aromatic nitrogens is 2. The summed E-state index contributed by atoms with van der Waals surface area (Å²) in [6, 6.07) is 7.80. The molecule has 3 aliphatic rings. The Morgan fingerprint density at radius 2 is 1.78 bits per heavy atom. The Morgan fingerprint density at radius 1 is 1.03 bits per heavy atom. The summed E-state index contributed by atoms with van der Waals surface area (Å²) >= 11 is 0. The van der Waals surface area contributed by atoms with Gasteiger partial charge in [-0.2, -0.15) is 0 Å².